The molecule has 5 heterocycles. The van der Waals surface area contributed by atoms with Gasteiger partial charge < -0.3 is 14.4 Å². The largest absolute Gasteiger partial charge is 0.337 e. The lowest BCUT2D eigenvalue weighted by Crippen LogP contribution is -2.30. The Hall–Kier alpha value is -5.50. The van der Waals surface area contributed by atoms with Crippen LogP contribution in [0.3, 0.4) is 0 Å². The predicted octanol–water partition coefficient (Wildman–Crippen LogP) is 21.5. The van der Waals surface area contributed by atoms with Crippen molar-refractivity contribution in [1.82, 2.24) is 14.4 Å². The predicted molar refractivity (Wildman–Crippen MR) is 337 cm³/mol. The summed E-state index contributed by atoms with van der Waals surface area (Å²) in [6.07, 6.45) is 31.5. The van der Waals surface area contributed by atoms with Crippen LogP contribution in [-0.4, -0.2) is 39.3 Å². The first-order valence-electron chi connectivity index (χ1n) is 31.0. The standard InChI is InChI=1S/C71H89N3O2S2/c1-5-9-13-17-21-31-39-57(40-32-22-18-14-10-6-2)74-60-51-55(53-35-27-25-28-36-53)41-43-58(60)59-44-42-56(52-61(59)74)63-46-48-65(78-63)69-67-66(70(75)73(69)50-34-24-20-16-12-8-4)68(72(71(67)76)49-33-23-19-15-11-7-3)64-47-45-62(77-64)54-37-29-26-30-38-54/h25-30,35-38,41-48,51-52,57H,5-24,31-34,39-40,49-50H2,1-4H3. The smallest absolute Gasteiger partial charge is 0.261 e. The molecule has 0 N–H and O–H groups in total. The Labute approximate surface area is 476 Å². The highest BCUT2D eigenvalue weighted by Crippen LogP contribution is 2.51. The minimum Gasteiger partial charge on any atom is -0.337 e. The van der Waals surface area contributed by atoms with E-state index in [4.69, 9.17) is 0 Å². The summed E-state index contributed by atoms with van der Waals surface area (Å²) in [5.41, 5.74) is 10.3. The lowest BCUT2D eigenvalue weighted by molar-refractivity contribution is -0.124. The summed E-state index contributed by atoms with van der Waals surface area (Å²) in [4.78, 5) is 39.1. The van der Waals surface area contributed by atoms with Crippen LogP contribution >= 0.6 is 22.7 Å². The van der Waals surface area contributed by atoms with Gasteiger partial charge in [-0.25, -0.2) is 0 Å². The van der Waals surface area contributed by atoms with Gasteiger partial charge in [-0.2, -0.15) is 0 Å². The number of benzene rings is 4. The van der Waals surface area contributed by atoms with Crippen LogP contribution in [0.2, 0.25) is 0 Å². The lowest BCUT2D eigenvalue weighted by Gasteiger charge is -2.24. The van der Waals surface area contributed by atoms with Crippen LogP contribution in [0.5, 0.6) is 0 Å². The van der Waals surface area contributed by atoms with Crippen LogP contribution in [0.4, 0.5) is 0 Å². The molecule has 412 valence electrons. The fraction of sp³-hybridized carbons (Fsp3) is 0.465. The number of carbonyl (C=O) groups excluding carboxylic acids is 2. The third kappa shape index (κ3) is 13.6. The molecule has 0 aliphatic carbocycles. The molecule has 4 aromatic carbocycles. The fourth-order valence-corrected chi connectivity index (χ4v) is 14.5. The second kappa shape index (κ2) is 29.1. The Morgan fingerprint density at radius 1 is 0.359 bits per heavy atom. The molecule has 9 rings (SSSR count). The number of hydrogen-bond acceptors (Lipinski definition) is 4. The molecule has 0 fully saturated rings. The Morgan fingerprint density at radius 2 is 0.731 bits per heavy atom. The molecule has 2 amide bonds. The topological polar surface area (TPSA) is 45.6 Å². The van der Waals surface area contributed by atoms with E-state index in [1.54, 1.807) is 22.7 Å². The van der Waals surface area contributed by atoms with Gasteiger partial charge in [0.2, 0.25) is 0 Å². The molecule has 0 bridgehead atoms. The molecule has 7 heteroatoms. The van der Waals surface area contributed by atoms with Gasteiger partial charge in [-0.05, 0) is 84.3 Å². The number of aromatic nitrogens is 1. The van der Waals surface area contributed by atoms with Crippen LogP contribution in [-0.2, 0) is 9.59 Å². The number of thiophene rings is 2. The van der Waals surface area contributed by atoms with Crippen molar-refractivity contribution >= 4 is 67.7 Å². The number of rotatable bonds is 34. The Balaban J connectivity index is 1.13. The van der Waals surface area contributed by atoms with E-state index in [1.165, 1.54) is 167 Å². The number of hydrogen-bond donors (Lipinski definition) is 0. The summed E-state index contributed by atoms with van der Waals surface area (Å²) >= 11 is 3.44. The van der Waals surface area contributed by atoms with E-state index in [1.807, 2.05) is 9.80 Å². The average molecular weight is 1080 g/mol. The zero-order valence-electron chi connectivity index (χ0n) is 47.9. The molecule has 0 saturated carbocycles. The fourth-order valence-electron chi connectivity index (χ4n) is 12.4. The molecule has 0 unspecified atom stereocenters. The van der Waals surface area contributed by atoms with Gasteiger partial charge in [0.15, 0.2) is 0 Å². The van der Waals surface area contributed by atoms with E-state index >= 15 is 9.59 Å². The summed E-state index contributed by atoms with van der Waals surface area (Å²) < 4.78 is 2.76. The monoisotopic (exact) mass is 1080 g/mol. The molecular formula is C71H89N3O2S2. The maximum atomic E-state index is 15.4. The molecule has 0 saturated heterocycles. The lowest BCUT2D eigenvalue weighted by atomic mass is 9.99. The number of nitrogens with zero attached hydrogens (tertiary/aromatic N) is 3. The molecule has 0 radical (unpaired) electrons. The highest BCUT2D eigenvalue weighted by molar-refractivity contribution is 7.17. The highest BCUT2D eigenvalue weighted by Gasteiger charge is 2.49. The van der Waals surface area contributed by atoms with E-state index < -0.39 is 0 Å². The van der Waals surface area contributed by atoms with Gasteiger partial charge >= 0.3 is 0 Å². The second-order valence-corrected chi connectivity index (χ2v) is 24.7. The van der Waals surface area contributed by atoms with Gasteiger partial charge in [-0.3, -0.25) is 9.59 Å². The normalized spacial score (nSPS) is 13.8. The van der Waals surface area contributed by atoms with E-state index in [2.05, 4.69) is 154 Å². The van der Waals surface area contributed by atoms with Crippen LogP contribution in [0, 0.1) is 0 Å². The SMILES string of the molecule is CCCCCCCCC(CCCCCCCC)n1c2cc(-c3ccccc3)ccc2c2ccc(-c3ccc(C4=C5C(=O)N(CCCCCCCC)C(c6ccc(-c7ccccc7)s6)=C5C(=O)N4CCCCCCCC)s3)cc21. The van der Waals surface area contributed by atoms with Crippen molar-refractivity contribution in [2.75, 3.05) is 13.1 Å². The zero-order chi connectivity index (χ0) is 54.1. The summed E-state index contributed by atoms with van der Waals surface area (Å²) in [5, 5.41) is 2.63. The second-order valence-electron chi connectivity index (χ2n) is 22.6. The maximum absolute atomic E-state index is 15.4. The maximum Gasteiger partial charge on any atom is 0.261 e. The summed E-state index contributed by atoms with van der Waals surface area (Å²) in [6, 6.07) is 44.9. The van der Waals surface area contributed by atoms with Crippen molar-refractivity contribution in [1.29, 1.82) is 0 Å². The highest BCUT2D eigenvalue weighted by atomic mass is 32.1. The molecule has 0 atom stereocenters. The third-order valence-corrected chi connectivity index (χ3v) is 19.0. The summed E-state index contributed by atoms with van der Waals surface area (Å²) in [7, 11) is 0. The molecule has 7 aromatic rings. The van der Waals surface area contributed by atoms with Crippen molar-refractivity contribution in [2.24, 2.45) is 0 Å². The van der Waals surface area contributed by atoms with Crippen molar-refractivity contribution in [2.45, 2.75) is 201 Å². The molecule has 5 nitrogen and oxygen atoms in total. The van der Waals surface area contributed by atoms with Gasteiger partial charge in [0.25, 0.3) is 11.8 Å². The summed E-state index contributed by atoms with van der Waals surface area (Å²) in [5.74, 6) is -0.0379. The van der Waals surface area contributed by atoms with Gasteiger partial charge in [0.1, 0.15) is 0 Å². The first kappa shape index (κ1) is 57.2. The molecular weight excluding hydrogens is 991 g/mol. The number of carbonyl (C=O) groups is 2. The minimum atomic E-state index is -0.0189. The average Bonchev–Trinajstić information content (AvgIpc) is 4.52. The third-order valence-electron chi connectivity index (χ3n) is 16.7. The Morgan fingerprint density at radius 3 is 1.19 bits per heavy atom. The van der Waals surface area contributed by atoms with Crippen LogP contribution in [0.25, 0.3) is 65.2 Å². The molecule has 2 aliphatic heterocycles. The van der Waals surface area contributed by atoms with Gasteiger partial charge in [0, 0.05) is 45.2 Å². The van der Waals surface area contributed by atoms with Gasteiger partial charge in [-0.1, -0.05) is 254 Å². The molecule has 78 heavy (non-hydrogen) atoms. The minimum absolute atomic E-state index is 0.0189. The molecule has 0 spiro atoms. The van der Waals surface area contributed by atoms with Gasteiger partial charge in [-0.15, -0.1) is 22.7 Å². The first-order valence-corrected chi connectivity index (χ1v) is 32.6. The van der Waals surface area contributed by atoms with Gasteiger partial charge in [0.05, 0.1) is 37.8 Å². The van der Waals surface area contributed by atoms with E-state index in [0.29, 0.717) is 30.3 Å². The number of fused-ring (bicyclic) bond motifs is 4. The first-order chi connectivity index (χ1) is 38.4. The zero-order valence-corrected chi connectivity index (χ0v) is 49.5. The van der Waals surface area contributed by atoms with Crippen molar-refractivity contribution in [3.63, 3.8) is 0 Å². The van der Waals surface area contributed by atoms with Crippen molar-refractivity contribution < 1.29 is 9.59 Å². The van der Waals surface area contributed by atoms with Crippen LogP contribution in [0.15, 0.2) is 132 Å². The van der Waals surface area contributed by atoms with E-state index in [-0.39, 0.29) is 11.8 Å². The van der Waals surface area contributed by atoms with Crippen LogP contribution < -0.4 is 0 Å². The van der Waals surface area contributed by atoms with Crippen LogP contribution in [0.1, 0.15) is 210 Å². The van der Waals surface area contributed by atoms with E-state index in [9.17, 15) is 0 Å². The summed E-state index contributed by atoms with van der Waals surface area (Å²) in [6.45, 7) is 10.3. The van der Waals surface area contributed by atoms with E-state index in [0.717, 1.165) is 75.0 Å². The number of unbranched alkanes of at least 4 members (excludes halogenated alkanes) is 20. The quantitative estimate of drug-likeness (QED) is 0.0378. The molecule has 3 aromatic heterocycles. The Kier molecular flexibility index (Phi) is 21.3. The molecule has 2 aliphatic rings. The van der Waals surface area contributed by atoms with Crippen molar-refractivity contribution in [3.8, 4) is 32.0 Å². The number of amides is 2. The Bertz CT molecular complexity index is 3080. The van der Waals surface area contributed by atoms with Crippen molar-refractivity contribution in [3.05, 3.63) is 142 Å².